The molecule has 0 aromatic carbocycles. The molecular weight excluding hydrogens is 472 g/mol. The van der Waals surface area contributed by atoms with Gasteiger partial charge in [-0.1, -0.05) is 0 Å². The van der Waals surface area contributed by atoms with Crippen LogP contribution in [0, 0.1) is 0 Å². The number of aliphatic carboxylic acids is 1. The average Bonchev–Trinajstić information content (AvgIpc) is 3.29. The van der Waals surface area contributed by atoms with Crippen molar-refractivity contribution in [2.24, 2.45) is 11.5 Å². The SMILES string of the molecule is NCCCCC(NC(=O)C(CS)NC(=O)C1CCCN1C(=O)CNC(=O)C(N)CS)C(=O)O. The van der Waals surface area contributed by atoms with E-state index in [1.54, 1.807) is 0 Å². The molecule has 1 rings (SSSR count). The van der Waals surface area contributed by atoms with E-state index in [0.29, 0.717) is 38.8 Å². The number of nitrogens with zero attached hydrogens (tertiary/aromatic N) is 1. The first-order valence-corrected chi connectivity index (χ1v) is 12.0. The van der Waals surface area contributed by atoms with Crippen LogP contribution in [-0.2, 0) is 24.0 Å². The van der Waals surface area contributed by atoms with Crippen LogP contribution >= 0.6 is 25.3 Å². The fourth-order valence-corrected chi connectivity index (χ4v) is 3.72. The number of carboxylic acid groups (broad SMARTS) is 1. The molecule has 188 valence electrons. The summed E-state index contributed by atoms with van der Waals surface area (Å²) in [5.41, 5.74) is 11.0. The van der Waals surface area contributed by atoms with E-state index in [1.165, 1.54) is 4.90 Å². The molecular formula is C19H34N6O6S2. The zero-order chi connectivity index (χ0) is 25.0. The fraction of sp³-hybridized carbons (Fsp3) is 0.737. The molecule has 0 spiro atoms. The van der Waals surface area contributed by atoms with E-state index in [4.69, 9.17) is 11.5 Å². The molecule has 0 aromatic rings. The largest absolute Gasteiger partial charge is 0.480 e. The number of carbonyl (C=O) groups excluding carboxylic acids is 4. The Kier molecular flexibility index (Phi) is 13.2. The molecule has 8 N–H and O–H groups in total. The summed E-state index contributed by atoms with van der Waals surface area (Å²) in [5, 5.41) is 16.7. The maximum atomic E-state index is 12.8. The number of hydrogen-bond donors (Lipinski definition) is 8. The maximum Gasteiger partial charge on any atom is 0.326 e. The van der Waals surface area contributed by atoms with Gasteiger partial charge in [0.15, 0.2) is 0 Å². The van der Waals surface area contributed by atoms with Crippen LogP contribution in [0.5, 0.6) is 0 Å². The summed E-state index contributed by atoms with van der Waals surface area (Å²) in [6, 6.07) is -3.86. The van der Waals surface area contributed by atoms with Gasteiger partial charge >= 0.3 is 5.97 Å². The van der Waals surface area contributed by atoms with Crippen LogP contribution in [-0.4, -0.2) is 94.9 Å². The van der Waals surface area contributed by atoms with E-state index >= 15 is 0 Å². The number of nitrogens with one attached hydrogen (secondary N) is 3. The Bertz CT molecular complexity index is 712. The fourth-order valence-electron chi connectivity index (χ4n) is 3.30. The van der Waals surface area contributed by atoms with Gasteiger partial charge in [0, 0.05) is 18.1 Å². The van der Waals surface area contributed by atoms with E-state index in [2.05, 4.69) is 41.2 Å². The molecule has 12 nitrogen and oxygen atoms in total. The van der Waals surface area contributed by atoms with Crippen molar-refractivity contribution in [3.63, 3.8) is 0 Å². The lowest BCUT2D eigenvalue weighted by Gasteiger charge is -2.26. The van der Waals surface area contributed by atoms with Crippen molar-refractivity contribution in [3.8, 4) is 0 Å². The Morgan fingerprint density at radius 1 is 1.03 bits per heavy atom. The lowest BCUT2D eigenvalue weighted by atomic mass is 10.1. The first-order valence-electron chi connectivity index (χ1n) is 10.7. The standard InChI is InChI=1S/C19H34N6O6S2/c20-6-2-1-4-12(19(30)31)23-17(28)13(10-33)24-18(29)14-5-3-7-25(14)15(26)8-22-16(27)11(21)9-32/h11-14,32-33H,1-10,20-21H2,(H,22,27)(H,23,28)(H,24,29)(H,30,31). The molecule has 4 atom stereocenters. The summed E-state index contributed by atoms with van der Waals surface area (Å²) < 4.78 is 0. The van der Waals surface area contributed by atoms with Crippen LogP contribution in [0.1, 0.15) is 32.1 Å². The normalized spacial score (nSPS) is 18.2. The number of hydrogen-bond acceptors (Lipinski definition) is 9. The number of carbonyl (C=O) groups is 5. The second-order valence-electron chi connectivity index (χ2n) is 7.68. The van der Waals surface area contributed by atoms with Crippen molar-refractivity contribution < 1.29 is 29.1 Å². The molecule has 0 bridgehead atoms. The Morgan fingerprint density at radius 3 is 2.30 bits per heavy atom. The monoisotopic (exact) mass is 506 g/mol. The number of thiol groups is 2. The molecule has 0 aromatic heterocycles. The van der Waals surface area contributed by atoms with Crippen molar-refractivity contribution in [2.75, 3.05) is 31.1 Å². The second-order valence-corrected chi connectivity index (χ2v) is 8.41. The first kappa shape index (κ1) is 29.0. The summed E-state index contributed by atoms with van der Waals surface area (Å²) in [4.78, 5) is 62.4. The number of amides is 4. The predicted molar refractivity (Wildman–Crippen MR) is 128 cm³/mol. The van der Waals surface area contributed by atoms with Crippen molar-refractivity contribution >= 4 is 54.9 Å². The molecule has 4 amide bonds. The maximum absolute atomic E-state index is 12.8. The quantitative estimate of drug-likeness (QED) is 0.0931. The average molecular weight is 507 g/mol. The van der Waals surface area contributed by atoms with Gasteiger partial charge in [-0.25, -0.2) is 4.79 Å². The molecule has 1 fully saturated rings. The summed E-state index contributed by atoms with van der Waals surface area (Å²) in [6.07, 6.45) is 2.32. The molecule has 1 heterocycles. The topological polar surface area (TPSA) is 197 Å². The summed E-state index contributed by atoms with van der Waals surface area (Å²) in [7, 11) is 0. The van der Waals surface area contributed by atoms with Crippen LogP contribution in [0.2, 0.25) is 0 Å². The van der Waals surface area contributed by atoms with E-state index in [0.717, 1.165) is 0 Å². The lowest BCUT2D eigenvalue weighted by molar-refractivity contribution is -0.143. The number of likely N-dealkylation sites (tertiary alicyclic amines) is 1. The molecule has 14 heteroatoms. The highest BCUT2D eigenvalue weighted by atomic mass is 32.1. The number of rotatable bonds is 14. The minimum Gasteiger partial charge on any atom is -0.480 e. The molecule has 1 aliphatic rings. The van der Waals surface area contributed by atoms with Crippen LogP contribution in [0.3, 0.4) is 0 Å². The third-order valence-corrected chi connectivity index (χ3v) is 5.96. The minimum absolute atomic E-state index is 0.0644. The van der Waals surface area contributed by atoms with E-state index in [-0.39, 0.29) is 24.5 Å². The zero-order valence-corrected chi connectivity index (χ0v) is 20.2. The Hall–Kier alpha value is -2.03. The highest BCUT2D eigenvalue weighted by molar-refractivity contribution is 7.80. The number of unbranched alkanes of at least 4 members (excludes halogenated alkanes) is 1. The van der Waals surface area contributed by atoms with Gasteiger partial charge in [0.05, 0.1) is 12.6 Å². The molecule has 0 aliphatic carbocycles. The second kappa shape index (κ2) is 15.0. The molecule has 0 saturated carbocycles. The van der Waals surface area contributed by atoms with Crippen molar-refractivity contribution in [3.05, 3.63) is 0 Å². The zero-order valence-electron chi connectivity index (χ0n) is 18.4. The first-order chi connectivity index (χ1) is 15.7. The number of nitrogens with two attached hydrogens (primary N) is 2. The molecule has 33 heavy (non-hydrogen) atoms. The van der Waals surface area contributed by atoms with Gasteiger partial charge in [-0.3, -0.25) is 19.2 Å². The summed E-state index contributed by atoms with van der Waals surface area (Å²) in [6.45, 7) is 0.424. The van der Waals surface area contributed by atoms with Crippen molar-refractivity contribution in [1.29, 1.82) is 0 Å². The Balaban J connectivity index is 2.69. The van der Waals surface area contributed by atoms with Crippen LogP contribution in [0.25, 0.3) is 0 Å². The summed E-state index contributed by atoms with van der Waals surface area (Å²) in [5.74, 6) is -3.33. The van der Waals surface area contributed by atoms with Gasteiger partial charge in [-0.05, 0) is 38.6 Å². The molecule has 1 aliphatic heterocycles. The minimum atomic E-state index is -1.18. The van der Waals surface area contributed by atoms with Crippen LogP contribution in [0.4, 0.5) is 0 Å². The van der Waals surface area contributed by atoms with Crippen molar-refractivity contribution in [2.45, 2.75) is 56.3 Å². The predicted octanol–water partition coefficient (Wildman–Crippen LogP) is -2.54. The van der Waals surface area contributed by atoms with Gasteiger partial charge in [-0.15, -0.1) is 0 Å². The molecule has 1 saturated heterocycles. The molecule has 0 radical (unpaired) electrons. The van der Waals surface area contributed by atoms with E-state index in [9.17, 15) is 29.1 Å². The van der Waals surface area contributed by atoms with Crippen LogP contribution in [0.15, 0.2) is 0 Å². The van der Waals surface area contributed by atoms with Gasteiger partial charge in [0.25, 0.3) is 0 Å². The molecule has 4 unspecified atom stereocenters. The number of carboxylic acids is 1. The third kappa shape index (κ3) is 9.39. The third-order valence-electron chi connectivity index (χ3n) is 5.20. The van der Waals surface area contributed by atoms with Crippen molar-refractivity contribution in [1.82, 2.24) is 20.9 Å². The van der Waals surface area contributed by atoms with Gasteiger partial charge in [-0.2, -0.15) is 25.3 Å². The summed E-state index contributed by atoms with van der Waals surface area (Å²) >= 11 is 8.02. The van der Waals surface area contributed by atoms with Crippen LogP contribution < -0.4 is 27.4 Å². The smallest absolute Gasteiger partial charge is 0.326 e. The Labute approximate surface area is 203 Å². The Morgan fingerprint density at radius 2 is 1.73 bits per heavy atom. The van der Waals surface area contributed by atoms with E-state index < -0.39 is 53.8 Å². The van der Waals surface area contributed by atoms with E-state index in [1.807, 2.05) is 0 Å². The highest BCUT2D eigenvalue weighted by Gasteiger charge is 2.36. The van der Waals surface area contributed by atoms with Gasteiger partial charge in [0.1, 0.15) is 18.1 Å². The van der Waals surface area contributed by atoms with Gasteiger partial charge in [0.2, 0.25) is 23.6 Å². The lowest BCUT2D eigenvalue weighted by Crippen LogP contribution is -2.56. The van der Waals surface area contributed by atoms with Gasteiger partial charge < -0.3 is 37.4 Å². The highest BCUT2D eigenvalue weighted by Crippen LogP contribution is 2.17.